The summed E-state index contributed by atoms with van der Waals surface area (Å²) in [5, 5.41) is 3.08. The third-order valence-corrected chi connectivity index (χ3v) is 5.30. The Morgan fingerprint density at radius 3 is 2.38 bits per heavy atom. The van der Waals surface area contributed by atoms with Crippen LogP contribution >= 0.6 is 0 Å². The van der Waals surface area contributed by atoms with Crippen LogP contribution in [0.15, 0.2) is 47.5 Å². The van der Waals surface area contributed by atoms with Gasteiger partial charge >= 0.3 is 6.18 Å². The molecule has 0 radical (unpaired) electrons. The number of rotatable bonds is 4. The van der Waals surface area contributed by atoms with E-state index in [2.05, 4.69) is 16.4 Å². The summed E-state index contributed by atoms with van der Waals surface area (Å²) in [5.74, 6) is 0.243. The predicted octanol–water partition coefficient (Wildman–Crippen LogP) is 4.80. The molecule has 29 heavy (non-hydrogen) atoms. The number of nitrogens with one attached hydrogen (secondary N) is 1. The molecule has 0 saturated carbocycles. The fraction of sp³-hybridized carbons (Fsp3) is 0.409. The zero-order valence-electron chi connectivity index (χ0n) is 16.6. The molecule has 156 valence electrons. The molecule has 0 bridgehead atoms. The summed E-state index contributed by atoms with van der Waals surface area (Å²) >= 11 is 0. The summed E-state index contributed by atoms with van der Waals surface area (Å²) in [6.45, 7) is 5.25. The van der Waals surface area contributed by atoms with Gasteiger partial charge in [0.05, 0.1) is 12.1 Å². The fourth-order valence-electron chi connectivity index (χ4n) is 3.80. The number of aryl methyl sites for hydroxylation is 2. The van der Waals surface area contributed by atoms with Crippen molar-refractivity contribution in [2.24, 2.45) is 10.7 Å². The summed E-state index contributed by atoms with van der Waals surface area (Å²) in [4.78, 5) is 4.49. The largest absolute Gasteiger partial charge is 0.416 e. The molecule has 3 rings (SSSR count). The molecule has 0 unspecified atom stereocenters. The van der Waals surface area contributed by atoms with Crippen LogP contribution in [0, 0.1) is 13.8 Å². The third kappa shape index (κ3) is 5.29. The van der Waals surface area contributed by atoms with E-state index in [0.29, 0.717) is 38.2 Å². The van der Waals surface area contributed by atoms with Crippen molar-refractivity contribution in [2.45, 2.75) is 38.3 Å². The minimum absolute atomic E-state index is 0.243. The van der Waals surface area contributed by atoms with Crippen LogP contribution in [-0.2, 0) is 16.3 Å². The van der Waals surface area contributed by atoms with Gasteiger partial charge < -0.3 is 15.8 Å². The van der Waals surface area contributed by atoms with Crippen LogP contribution in [0.3, 0.4) is 0 Å². The highest BCUT2D eigenvalue weighted by atomic mass is 19.4. The molecule has 7 heteroatoms. The summed E-state index contributed by atoms with van der Waals surface area (Å²) in [7, 11) is 0. The van der Waals surface area contributed by atoms with E-state index >= 15 is 0 Å². The number of benzene rings is 2. The van der Waals surface area contributed by atoms with Crippen molar-refractivity contribution >= 4 is 11.6 Å². The molecule has 4 nitrogen and oxygen atoms in total. The number of alkyl halides is 3. The molecule has 1 aliphatic rings. The molecule has 1 saturated heterocycles. The average Bonchev–Trinajstić information content (AvgIpc) is 2.66. The van der Waals surface area contributed by atoms with Crippen molar-refractivity contribution < 1.29 is 17.9 Å². The highest BCUT2D eigenvalue weighted by molar-refractivity contribution is 5.92. The van der Waals surface area contributed by atoms with E-state index in [-0.39, 0.29) is 5.96 Å². The molecule has 0 spiro atoms. The van der Waals surface area contributed by atoms with Crippen molar-refractivity contribution in [3.05, 3.63) is 64.7 Å². The van der Waals surface area contributed by atoms with Crippen LogP contribution in [0.1, 0.15) is 35.1 Å². The Labute approximate surface area is 169 Å². The number of guanidine groups is 1. The lowest BCUT2D eigenvalue weighted by Gasteiger charge is -2.37. The Morgan fingerprint density at radius 1 is 1.10 bits per heavy atom. The zero-order chi connectivity index (χ0) is 21.1. The summed E-state index contributed by atoms with van der Waals surface area (Å²) in [6, 6.07) is 11.5. The Hall–Kier alpha value is -2.54. The normalized spacial score (nSPS) is 17.2. The Kier molecular flexibility index (Phi) is 6.17. The minimum Gasteiger partial charge on any atom is -0.381 e. The molecule has 1 fully saturated rings. The number of halogens is 3. The standard InChI is InChI=1S/C22H26F3N3O/c1-15-10-16(2)12-19(11-15)28-20(26)27-14-21(6-8-29-9-7-21)17-4-3-5-18(13-17)22(23,24)25/h3-5,10-13H,6-9,14H2,1-2H3,(H3,26,27,28). The van der Waals surface area contributed by atoms with Gasteiger partial charge in [-0.3, -0.25) is 4.99 Å². The molecule has 0 amide bonds. The second-order valence-corrected chi connectivity index (χ2v) is 7.67. The van der Waals surface area contributed by atoms with Gasteiger partial charge in [0.2, 0.25) is 0 Å². The molecule has 0 atom stereocenters. The van der Waals surface area contributed by atoms with Crippen LogP contribution in [0.4, 0.5) is 18.9 Å². The van der Waals surface area contributed by atoms with E-state index in [1.54, 1.807) is 6.07 Å². The number of ether oxygens (including phenoxy) is 1. The maximum Gasteiger partial charge on any atom is 0.416 e. The highest BCUT2D eigenvalue weighted by Gasteiger charge is 2.37. The number of hydrogen-bond donors (Lipinski definition) is 2. The first kappa shape index (κ1) is 21.2. The number of aliphatic imine (C=N–C) groups is 1. The molecule has 0 aliphatic carbocycles. The van der Waals surface area contributed by atoms with Gasteiger partial charge in [0.1, 0.15) is 0 Å². The highest BCUT2D eigenvalue weighted by Crippen LogP contribution is 2.38. The Balaban J connectivity index is 1.84. The van der Waals surface area contributed by atoms with Crippen molar-refractivity contribution in [3.8, 4) is 0 Å². The predicted molar refractivity (Wildman–Crippen MR) is 109 cm³/mol. The smallest absolute Gasteiger partial charge is 0.381 e. The van der Waals surface area contributed by atoms with Gasteiger partial charge in [-0.2, -0.15) is 13.2 Å². The summed E-state index contributed by atoms with van der Waals surface area (Å²) < 4.78 is 45.1. The molecule has 3 N–H and O–H groups in total. The lowest BCUT2D eigenvalue weighted by molar-refractivity contribution is -0.137. The van der Waals surface area contributed by atoms with Gasteiger partial charge in [-0.1, -0.05) is 24.3 Å². The van der Waals surface area contributed by atoms with Gasteiger partial charge in [-0.05, 0) is 61.6 Å². The molecule has 2 aromatic rings. The minimum atomic E-state index is -4.38. The van der Waals surface area contributed by atoms with E-state index < -0.39 is 17.2 Å². The monoisotopic (exact) mass is 405 g/mol. The van der Waals surface area contributed by atoms with E-state index in [4.69, 9.17) is 10.5 Å². The first-order valence-electron chi connectivity index (χ1n) is 9.59. The quantitative estimate of drug-likeness (QED) is 0.568. The first-order valence-corrected chi connectivity index (χ1v) is 9.59. The fourth-order valence-corrected chi connectivity index (χ4v) is 3.80. The third-order valence-electron chi connectivity index (χ3n) is 5.30. The topological polar surface area (TPSA) is 59.6 Å². The number of hydrogen-bond acceptors (Lipinski definition) is 2. The molecule has 2 aromatic carbocycles. The van der Waals surface area contributed by atoms with Gasteiger partial charge in [0.15, 0.2) is 5.96 Å². The van der Waals surface area contributed by atoms with Crippen molar-refractivity contribution in [2.75, 3.05) is 25.1 Å². The van der Waals surface area contributed by atoms with E-state index in [1.807, 2.05) is 26.0 Å². The Morgan fingerprint density at radius 2 is 1.76 bits per heavy atom. The maximum absolute atomic E-state index is 13.2. The van der Waals surface area contributed by atoms with Gasteiger partial charge in [-0.15, -0.1) is 0 Å². The van der Waals surface area contributed by atoms with E-state index in [1.165, 1.54) is 12.1 Å². The van der Waals surface area contributed by atoms with E-state index in [0.717, 1.165) is 22.9 Å². The van der Waals surface area contributed by atoms with Crippen LogP contribution in [0.2, 0.25) is 0 Å². The van der Waals surface area contributed by atoms with Crippen LogP contribution in [0.25, 0.3) is 0 Å². The van der Waals surface area contributed by atoms with Gasteiger partial charge in [0.25, 0.3) is 0 Å². The average molecular weight is 405 g/mol. The second-order valence-electron chi connectivity index (χ2n) is 7.67. The molecular weight excluding hydrogens is 379 g/mol. The van der Waals surface area contributed by atoms with Crippen LogP contribution in [0.5, 0.6) is 0 Å². The molecule has 1 heterocycles. The van der Waals surface area contributed by atoms with Gasteiger partial charge in [-0.25, -0.2) is 0 Å². The maximum atomic E-state index is 13.2. The zero-order valence-corrected chi connectivity index (χ0v) is 16.6. The Bertz CT molecular complexity index is 867. The van der Waals surface area contributed by atoms with E-state index in [9.17, 15) is 13.2 Å². The summed E-state index contributed by atoms with van der Waals surface area (Å²) in [6.07, 6.45) is -3.20. The van der Waals surface area contributed by atoms with Crippen molar-refractivity contribution in [1.29, 1.82) is 0 Å². The molecule has 0 aromatic heterocycles. The van der Waals surface area contributed by atoms with Crippen molar-refractivity contribution in [1.82, 2.24) is 0 Å². The first-order chi connectivity index (χ1) is 13.7. The summed E-state index contributed by atoms with van der Waals surface area (Å²) in [5.41, 5.74) is 8.57. The van der Waals surface area contributed by atoms with Crippen molar-refractivity contribution in [3.63, 3.8) is 0 Å². The number of nitrogens with two attached hydrogens (primary N) is 1. The van der Waals surface area contributed by atoms with Crippen LogP contribution < -0.4 is 11.1 Å². The lowest BCUT2D eigenvalue weighted by atomic mass is 9.74. The molecule has 1 aliphatic heterocycles. The SMILES string of the molecule is Cc1cc(C)cc(NC(N)=NCC2(c3cccc(C(F)(F)F)c3)CCOCC2)c1. The lowest BCUT2D eigenvalue weighted by Crippen LogP contribution is -2.38. The number of nitrogens with zero attached hydrogens (tertiary/aromatic N) is 1. The molecular formula is C22H26F3N3O. The number of anilines is 1. The second kappa shape index (κ2) is 8.45. The van der Waals surface area contributed by atoms with Crippen LogP contribution in [-0.4, -0.2) is 25.7 Å². The van der Waals surface area contributed by atoms with Gasteiger partial charge in [0, 0.05) is 24.3 Å².